The molecular weight excluding hydrogens is 248 g/mol. The van der Waals surface area contributed by atoms with Crippen LogP contribution in [0, 0.1) is 17.3 Å². The molecular formula is C17H30N2O. The standard InChI is InChI=1S/C17H30N2O/c1-4-18-16-11-7-5-6-8-12(11)19-13-9-17(2,3)10-14(20)15(13)16/h11-13,15-16,18-19H,4-10H2,1-3H3. The SMILES string of the molecule is CCNC1C2CCCCC2NC2CC(C)(C)CC(=O)C21. The molecule has 0 amide bonds. The highest BCUT2D eigenvalue weighted by Gasteiger charge is 2.51. The minimum absolute atomic E-state index is 0.170. The number of nitrogens with one attached hydrogen (secondary N) is 2. The lowest BCUT2D eigenvalue weighted by molar-refractivity contribution is -0.134. The van der Waals surface area contributed by atoms with Crippen LogP contribution in [-0.4, -0.2) is 30.5 Å². The van der Waals surface area contributed by atoms with E-state index < -0.39 is 0 Å². The van der Waals surface area contributed by atoms with Crippen molar-refractivity contribution >= 4 is 5.78 Å². The maximum atomic E-state index is 12.7. The van der Waals surface area contributed by atoms with Crippen molar-refractivity contribution in [3.05, 3.63) is 0 Å². The summed E-state index contributed by atoms with van der Waals surface area (Å²) in [6.07, 6.45) is 7.17. The van der Waals surface area contributed by atoms with Crippen molar-refractivity contribution in [3.8, 4) is 0 Å². The molecule has 5 atom stereocenters. The number of piperidine rings is 1. The second-order valence-corrected chi connectivity index (χ2v) is 7.95. The third-order valence-electron chi connectivity index (χ3n) is 5.77. The van der Waals surface area contributed by atoms with E-state index in [9.17, 15) is 4.79 Å². The fraction of sp³-hybridized carbons (Fsp3) is 0.941. The first-order valence-electron chi connectivity index (χ1n) is 8.54. The third-order valence-corrected chi connectivity index (χ3v) is 5.77. The van der Waals surface area contributed by atoms with Gasteiger partial charge in [-0.1, -0.05) is 33.6 Å². The van der Waals surface area contributed by atoms with Gasteiger partial charge in [0.15, 0.2) is 0 Å². The summed E-state index contributed by atoms with van der Waals surface area (Å²) in [5, 5.41) is 7.55. The van der Waals surface area contributed by atoms with Gasteiger partial charge in [-0.2, -0.15) is 0 Å². The van der Waals surface area contributed by atoms with Crippen LogP contribution in [0.25, 0.3) is 0 Å². The summed E-state index contributed by atoms with van der Waals surface area (Å²) >= 11 is 0. The highest BCUT2D eigenvalue weighted by atomic mass is 16.1. The molecule has 3 nitrogen and oxygen atoms in total. The lowest BCUT2D eigenvalue weighted by Crippen LogP contribution is -2.68. The van der Waals surface area contributed by atoms with Crippen LogP contribution in [0.2, 0.25) is 0 Å². The normalized spacial score (nSPS) is 43.8. The summed E-state index contributed by atoms with van der Waals surface area (Å²) in [5.41, 5.74) is 0.170. The van der Waals surface area contributed by atoms with Crippen molar-refractivity contribution in [1.29, 1.82) is 0 Å². The van der Waals surface area contributed by atoms with Crippen LogP contribution in [0.15, 0.2) is 0 Å². The van der Waals surface area contributed by atoms with Gasteiger partial charge in [0.05, 0.1) is 0 Å². The number of hydrogen-bond acceptors (Lipinski definition) is 3. The first-order chi connectivity index (χ1) is 9.52. The molecule has 3 fully saturated rings. The van der Waals surface area contributed by atoms with Crippen molar-refractivity contribution < 1.29 is 4.79 Å². The van der Waals surface area contributed by atoms with Gasteiger partial charge in [0.2, 0.25) is 0 Å². The van der Waals surface area contributed by atoms with Crippen LogP contribution in [0.3, 0.4) is 0 Å². The second kappa shape index (κ2) is 5.42. The fourth-order valence-corrected chi connectivity index (χ4v) is 5.07. The number of carbonyl (C=O) groups is 1. The summed E-state index contributed by atoms with van der Waals surface area (Å²) in [6.45, 7) is 7.65. The van der Waals surface area contributed by atoms with E-state index in [0.29, 0.717) is 29.8 Å². The average Bonchev–Trinajstić information content (AvgIpc) is 2.36. The minimum Gasteiger partial charge on any atom is -0.313 e. The van der Waals surface area contributed by atoms with Crippen molar-refractivity contribution in [3.63, 3.8) is 0 Å². The highest BCUT2D eigenvalue weighted by molar-refractivity contribution is 5.84. The van der Waals surface area contributed by atoms with Crippen LogP contribution < -0.4 is 10.6 Å². The predicted molar refractivity (Wildman–Crippen MR) is 81.6 cm³/mol. The Bertz CT molecular complexity index is 379. The first kappa shape index (κ1) is 14.5. The van der Waals surface area contributed by atoms with Crippen LogP contribution in [0.4, 0.5) is 0 Å². The Hall–Kier alpha value is -0.410. The molecule has 3 aliphatic rings. The van der Waals surface area contributed by atoms with Crippen molar-refractivity contribution in [2.24, 2.45) is 17.3 Å². The third kappa shape index (κ3) is 2.55. The van der Waals surface area contributed by atoms with Gasteiger partial charge in [-0.25, -0.2) is 0 Å². The molecule has 0 spiro atoms. The van der Waals surface area contributed by atoms with Gasteiger partial charge in [-0.3, -0.25) is 4.79 Å². The van der Waals surface area contributed by atoms with E-state index in [4.69, 9.17) is 0 Å². The zero-order valence-electron chi connectivity index (χ0n) is 13.2. The molecule has 1 aliphatic heterocycles. The van der Waals surface area contributed by atoms with Crippen LogP contribution in [0.1, 0.15) is 59.3 Å². The van der Waals surface area contributed by atoms with Crippen LogP contribution >= 0.6 is 0 Å². The predicted octanol–water partition coefficient (Wildman–Crippen LogP) is 2.50. The molecule has 1 saturated heterocycles. The van der Waals surface area contributed by atoms with Gasteiger partial charge in [0, 0.05) is 30.5 Å². The Morgan fingerprint density at radius 2 is 2.00 bits per heavy atom. The second-order valence-electron chi connectivity index (χ2n) is 7.95. The van der Waals surface area contributed by atoms with E-state index in [1.54, 1.807) is 0 Å². The summed E-state index contributed by atoms with van der Waals surface area (Å²) < 4.78 is 0. The number of Topliss-reactive ketones (excluding diaryl/α,β-unsaturated/α-hetero) is 1. The first-order valence-corrected chi connectivity index (χ1v) is 8.54. The zero-order valence-corrected chi connectivity index (χ0v) is 13.2. The molecule has 2 aliphatic carbocycles. The number of fused-ring (bicyclic) bond motifs is 2. The number of carbonyl (C=O) groups excluding carboxylic acids is 1. The molecule has 2 saturated carbocycles. The molecule has 0 aromatic heterocycles. The number of ketones is 1. The van der Waals surface area contributed by atoms with E-state index in [-0.39, 0.29) is 11.3 Å². The molecule has 0 aromatic rings. The Balaban J connectivity index is 1.86. The van der Waals surface area contributed by atoms with Gasteiger partial charge in [-0.15, -0.1) is 0 Å². The minimum atomic E-state index is 0.170. The van der Waals surface area contributed by atoms with Gasteiger partial charge in [0.1, 0.15) is 5.78 Å². The van der Waals surface area contributed by atoms with E-state index >= 15 is 0 Å². The topological polar surface area (TPSA) is 41.1 Å². The van der Waals surface area contributed by atoms with Gasteiger partial charge >= 0.3 is 0 Å². The number of rotatable bonds is 2. The van der Waals surface area contributed by atoms with E-state index in [2.05, 4.69) is 31.4 Å². The maximum absolute atomic E-state index is 12.7. The van der Waals surface area contributed by atoms with Gasteiger partial charge in [0.25, 0.3) is 0 Å². The molecule has 3 rings (SSSR count). The fourth-order valence-electron chi connectivity index (χ4n) is 5.07. The summed E-state index contributed by atoms with van der Waals surface area (Å²) in [6, 6.07) is 1.45. The van der Waals surface area contributed by atoms with Gasteiger partial charge < -0.3 is 10.6 Å². The molecule has 0 radical (unpaired) electrons. The molecule has 0 bridgehead atoms. The van der Waals surface area contributed by atoms with E-state index in [1.165, 1.54) is 25.7 Å². The van der Waals surface area contributed by atoms with Crippen molar-refractivity contribution in [2.75, 3.05) is 6.54 Å². The summed E-state index contributed by atoms with van der Waals surface area (Å²) in [5.74, 6) is 1.37. The maximum Gasteiger partial charge on any atom is 0.139 e. The Morgan fingerprint density at radius 3 is 2.75 bits per heavy atom. The highest BCUT2D eigenvalue weighted by Crippen LogP contribution is 2.44. The lowest BCUT2D eigenvalue weighted by Gasteiger charge is -2.54. The molecule has 0 aromatic carbocycles. The van der Waals surface area contributed by atoms with Crippen molar-refractivity contribution in [2.45, 2.75) is 77.4 Å². The molecule has 2 N–H and O–H groups in total. The molecule has 5 unspecified atom stereocenters. The molecule has 114 valence electrons. The van der Waals surface area contributed by atoms with E-state index in [0.717, 1.165) is 19.4 Å². The largest absolute Gasteiger partial charge is 0.313 e. The van der Waals surface area contributed by atoms with Crippen LogP contribution in [-0.2, 0) is 4.79 Å². The quantitative estimate of drug-likeness (QED) is 0.815. The van der Waals surface area contributed by atoms with Gasteiger partial charge in [-0.05, 0) is 37.1 Å². The molecule has 1 heterocycles. The average molecular weight is 278 g/mol. The van der Waals surface area contributed by atoms with Crippen molar-refractivity contribution in [1.82, 2.24) is 10.6 Å². The Labute approximate surface area is 123 Å². The molecule has 20 heavy (non-hydrogen) atoms. The molecule has 3 heteroatoms. The Kier molecular flexibility index (Phi) is 3.93. The lowest BCUT2D eigenvalue weighted by atomic mass is 9.61. The summed E-state index contributed by atoms with van der Waals surface area (Å²) in [7, 11) is 0. The van der Waals surface area contributed by atoms with E-state index in [1.807, 2.05) is 0 Å². The monoisotopic (exact) mass is 278 g/mol. The number of hydrogen-bond donors (Lipinski definition) is 2. The van der Waals surface area contributed by atoms with Crippen LogP contribution in [0.5, 0.6) is 0 Å². The summed E-state index contributed by atoms with van der Waals surface area (Å²) in [4.78, 5) is 12.7. The smallest absolute Gasteiger partial charge is 0.139 e. The zero-order chi connectivity index (χ0) is 14.3. The Morgan fingerprint density at radius 1 is 1.25 bits per heavy atom.